The van der Waals surface area contributed by atoms with E-state index in [4.69, 9.17) is 10.8 Å². The minimum Gasteiger partial charge on any atom is -0.504 e. The largest absolute Gasteiger partial charge is 0.504 e. The number of rotatable bonds is 0. The van der Waals surface area contributed by atoms with Crippen molar-refractivity contribution in [1.82, 2.24) is 4.98 Å². The van der Waals surface area contributed by atoms with Crippen molar-refractivity contribution in [2.45, 2.75) is 6.92 Å². The van der Waals surface area contributed by atoms with Crippen LogP contribution >= 0.6 is 0 Å². The van der Waals surface area contributed by atoms with Crippen molar-refractivity contribution in [3.63, 3.8) is 0 Å². The summed E-state index contributed by atoms with van der Waals surface area (Å²) in [5, 5.41) is 8.91. The minimum atomic E-state index is 0.0509. The number of aromatic hydroxyl groups is 1. The van der Waals surface area contributed by atoms with Crippen molar-refractivity contribution < 1.29 is 5.11 Å². The molecule has 48 valence electrons. The van der Waals surface area contributed by atoms with Crippen molar-refractivity contribution in [1.29, 1.82) is 0 Å². The van der Waals surface area contributed by atoms with Crippen LogP contribution in [-0.2, 0) is 0 Å². The smallest absolute Gasteiger partial charge is 0.157 e. The van der Waals surface area contributed by atoms with Crippen LogP contribution in [0.15, 0.2) is 12.4 Å². The van der Waals surface area contributed by atoms with E-state index < -0.39 is 0 Å². The zero-order valence-corrected chi connectivity index (χ0v) is 5.13. The van der Waals surface area contributed by atoms with Gasteiger partial charge in [0.25, 0.3) is 0 Å². The molecule has 9 heavy (non-hydrogen) atoms. The third-order valence-electron chi connectivity index (χ3n) is 1.17. The highest BCUT2D eigenvalue weighted by Crippen LogP contribution is 2.19. The van der Waals surface area contributed by atoms with E-state index in [9.17, 15) is 0 Å². The molecule has 3 nitrogen and oxygen atoms in total. The number of pyridine rings is 1. The summed E-state index contributed by atoms with van der Waals surface area (Å²) in [6, 6.07) is 0. The monoisotopic (exact) mass is 124 g/mol. The number of hydrogen-bond donors (Lipinski definition) is 2. The molecule has 0 saturated carbocycles. The lowest BCUT2D eigenvalue weighted by Gasteiger charge is -1.98. The highest BCUT2D eigenvalue weighted by atomic mass is 16.3. The predicted octanol–water partition coefficient (Wildman–Crippen LogP) is 0.678. The van der Waals surface area contributed by atoms with Crippen LogP contribution in [0, 0.1) is 6.92 Å². The van der Waals surface area contributed by atoms with Crippen LogP contribution in [0.4, 0.5) is 5.69 Å². The number of aromatic nitrogens is 1. The molecule has 1 aromatic heterocycles. The highest BCUT2D eigenvalue weighted by molar-refractivity contribution is 5.54. The van der Waals surface area contributed by atoms with Crippen molar-refractivity contribution >= 4 is 5.69 Å². The zero-order valence-electron chi connectivity index (χ0n) is 5.13. The Morgan fingerprint density at radius 1 is 1.56 bits per heavy atom. The standard InChI is InChI=1S/C6H8N2O/c1-4-2-8-3-5(9)6(4)7/h2-3,9H,1H3,(H2,7,8). The molecule has 3 heteroatoms. The molecule has 0 aliphatic rings. The summed E-state index contributed by atoms with van der Waals surface area (Å²) in [7, 11) is 0. The first kappa shape index (κ1) is 5.88. The number of anilines is 1. The van der Waals surface area contributed by atoms with Gasteiger partial charge in [-0.05, 0) is 12.5 Å². The Morgan fingerprint density at radius 2 is 2.22 bits per heavy atom. The van der Waals surface area contributed by atoms with Crippen LogP contribution < -0.4 is 5.73 Å². The summed E-state index contributed by atoms with van der Waals surface area (Å²) in [4.78, 5) is 3.71. The number of hydrogen-bond acceptors (Lipinski definition) is 3. The topological polar surface area (TPSA) is 59.1 Å². The van der Waals surface area contributed by atoms with Gasteiger partial charge in [-0.1, -0.05) is 0 Å². The van der Waals surface area contributed by atoms with Crippen LogP contribution in [-0.4, -0.2) is 10.1 Å². The van der Waals surface area contributed by atoms with Crippen LogP contribution in [0.3, 0.4) is 0 Å². The number of nitrogens with zero attached hydrogens (tertiary/aromatic N) is 1. The first-order chi connectivity index (χ1) is 4.22. The first-order valence-corrected chi connectivity index (χ1v) is 2.61. The number of nitrogen functional groups attached to an aromatic ring is 1. The molecule has 0 saturated heterocycles. The molecule has 0 aromatic carbocycles. The van der Waals surface area contributed by atoms with Gasteiger partial charge in [-0.15, -0.1) is 0 Å². The summed E-state index contributed by atoms with van der Waals surface area (Å²) in [5.41, 5.74) is 6.60. The lowest BCUT2D eigenvalue weighted by atomic mass is 10.2. The summed E-state index contributed by atoms with van der Waals surface area (Å²) in [6.45, 7) is 1.79. The van der Waals surface area contributed by atoms with Gasteiger partial charge in [-0.3, -0.25) is 4.98 Å². The lowest BCUT2D eigenvalue weighted by Crippen LogP contribution is -1.90. The number of aryl methyl sites for hydroxylation is 1. The van der Waals surface area contributed by atoms with Gasteiger partial charge in [0.2, 0.25) is 0 Å². The van der Waals surface area contributed by atoms with Gasteiger partial charge in [-0.2, -0.15) is 0 Å². The van der Waals surface area contributed by atoms with Gasteiger partial charge in [-0.25, -0.2) is 0 Å². The van der Waals surface area contributed by atoms with Gasteiger partial charge in [0, 0.05) is 6.20 Å². The fourth-order valence-electron chi connectivity index (χ4n) is 0.561. The van der Waals surface area contributed by atoms with E-state index in [-0.39, 0.29) is 5.75 Å². The predicted molar refractivity (Wildman–Crippen MR) is 35.1 cm³/mol. The molecule has 1 heterocycles. The second-order valence-electron chi connectivity index (χ2n) is 1.89. The Balaban J connectivity index is 3.25. The summed E-state index contributed by atoms with van der Waals surface area (Å²) in [6.07, 6.45) is 2.93. The van der Waals surface area contributed by atoms with Crippen LogP contribution in [0.5, 0.6) is 5.75 Å². The maximum Gasteiger partial charge on any atom is 0.157 e. The first-order valence-electron chi connectivity index (χ1n) is 2.61. The average Bonchev–Trinajstić information content (AvgIpc) is 1.83. The Bertz CT molecular complexity index is 202. The average molecular weight is 124 g/mol. The van der Waals surface area contributed by atoms with Gasteiger partial charge in [0.05, 0.1) is 11.9 Å². The highest BCUT2D eigenvalue weighted by Gasteiger charge is 1.96. The quantitative estimate of drug-likeness (QED) is 0.534. The SMILES string of the molecule is Cc1cncc(O)c1N. The maximum atomic E-state index is 8.91. The van der Waals surface area contributed by atoms with E-state index in [2.05, 4.69) is 4.98 Å². The minimum absolute atomic E-state index is 0.0509. The van der Waals surface area contributed by atoms with Gasteiger partial charge < -0.3 is 10.8 Å². The lowest BCUT2D eigenvalue weighted by molar-refractivity contribution is 0.475. The van der Waals surface area contributed by atoms with E-state index in [0.717, 1.165) is 5.56 Å². The van der Waals surface area contributed by atoms with Crippen molar-refractivity contribution in [2.75, 3.05) is 5.73 Å². The molecule has 0 bridgehead atoms. The normalized spacial score (nSPS) is 9.44. The molecule has 0 unspecified atom stereocenters. The van der Waals surface area contributed by atoms with E-state index >= 15 is 0 Å². The second kappa shape index (κ2) is 1.93. The van der Waals surface area contributed by atoms with Crippen molar-refractivity contribution in [3.8, 4) is 5.75 Å². The molecule has 0 aliphatic heterocycles. The molecule has 0 radical (unpaired) electrons. The molecule has 3 N–H and O–H groups in total. The Labute approximate surface area is 53.2 Å². The number of nitrogens with two attached hydrogens (primary N) is 1. The van der Waals surface area contributed by atoms with Crippen LogP contribution in [0.25, 0.3) is 0 Å². The Kier molecular flexibility index (Phi) is 1.26. The van der Waals surface area contributed by atoms with E-state index in [1.54, 1.807) is 13.1 Å². The van der Waals surface area contributed by atoms with Gasteiger partial charge in [0.15, 0.2) is 5.75 Å². The second-order valence-corrected chi connectivity index (χ2v) is 1.89. The molecular formula is C6H8N2O. The summed E-state index contributed by atoms with van der Waals surface area (Å²) < 4.78 is 0. The zero-order chi connectivity index (χ0) is 6.85. The van der Waals surface area contributed by atoms with Gasteiger partial charge in [0.1, 0.15) is 0 Å². The Morgan fingerprint density at radius 3 is 2.67 bits per heavy atom. The van der Waals surface area contributed by atoms with E-state index in [1.807, 2.05) is 0 Å². The molecule has 0 aliphatic carbocycles. The fraction of sp³-hybridized carbons (Fsp3) is 0.167. The van der Waals surface area contributed by atoms with E-state index in [1.165, 1.54) is 6.20 Å². The molecule has 0 spiro atoms. The van der Waals surface area contributed by atoms with Crippen molar-refractivity contribution in [2.24, 2.45) is 0 Å². The molecule has 1 aromatic rings. The van der Waals surface area contributed by atoms with Crippen molar-refractivity contribution in [3.05, 3.63) is 18.0 Å². The molecule has 0 atom stereocenters. The summed E-state index contributed by atoms with van der Waals surface area (Å²) in [5.74, 6) is 0.0509. The van der Waals surface area contributed by atoms with E-state index in [0.29, 0.717) is 5.69 Å². The molecular weight excluding hydrogens is 116 g/mol. The molecule has 0 fully saturated rings. The maximum absolute atomic E-state index is 8.91. The van der Waals surface area contributed by atoms with Gasteiger partial charge >= 0.3 is 0 Å². The summed E-state index contributed by atoms with van der Waals surface area (Å²) >= 11 is 0. The van der Waals surface area contributed by atoms with Crippen LogP contribution in [0.2, 0.25) is 0 Å². The molecule has 1 rings (SSSR count). The fourth-order valence-corrected chi connectivity index (χ4v) is 0.561. The van der Waals surface area contributed by atoms with Crippen LogP contribution in [0.1, 0.15) is 5.56 Å². The Hall–Kier alpha value is -1.25. The molecule has 0 amide bonds. The third kappa shape index (κ3) is 0.937. The third-order valence-corrected chi connectivity index (χ3v) is 1.17.